The molecular formula is C13H10BrClF3NO. The van der Waals surface area contributed by atoms with E-state index in [2.05, 4.69) is 20.9 Å². The van der Waals surface area contributed by atoms with Crippen LogP contribution in [-0.4, -0.2) is 10.9 Å². The number of alkyl halides is 4. The van der Waals surface area contributed by atoms with Gasteiger partial charge in [-0.2, -0.15) is 13.2 Å². The molecule has 7 heteroatoms. The SMILES string of the molecule is FC(F)(F)c1cc(-c2cnc(CCCCl)o2)ccc1Br. The Balaban J connectivity index is 2.31. The molecule has 0 radical (unpaired) electrons. The molecule has 0 aliphatic carbocycles. The van der Waals surface area contributed by atoms with E-state index >= 15 is 0 Å². The van der Waals surface area contributed by atoms with Crippen LogP contribution < -0.4 is 0 Å². The van der Waals surface area contributed by atoms with Crippen molar-refractivity contribution in [1.29, 1.82) is 0 Å². The van der Waals surface area contributed by atoms with Gasteiger partial charge in [-0.3, -0.25) is 0 Å². The van der Waals surface area contributed by atoms with Gasteiger partial charge in [-0.15, -0.1) is 11.6 Å². The van der Waals surface area contributed by atoms with Crippen LogP contribution in [0.2, 0.25) is 0 Å². The number of benzene rings is 1. The summed E-state index contributed by atoms with van der Waals surface area (Å²) in [6, 6.07) is 3.93. The molecule has 2 aromatic rings. The van der Waals surface area contributed by atoms with E-state index in [4.69, 9.17) is 16.0 Å². The van der Waals surface area contributed by atoms with Gasteiger partial charge in [-0.25, -0.2) is 4.98 Å². The lowest BCUT2D eigenvalue weighted by Gasteiger charge is -2.09. The van der Waals surface area contributed by atoms with E-state index in [1.54, 1.807) is 6.07 Å². The minimum Gasteiger partial charge on any atom is -0.441 e. The number of hydrogen-bond donors (Lipinski definition) is 0. The summed E-state index contributed by atoms with van der Waals surface area (Å²) in [4.78, 5) is 4.03. The first-order valence-corrected chi connectivity index (χ1v) is 7.12. The number of aromatic nitrogens is 1. The Hall–Kier alpha value is -1.01. The molecule has 0 aliphatic heterocycles. The lowest BCUT2D eigenvalue weighted by atomic mass is 10.1. The smallest absolute Gasteiger partial charge is 0.417 e. The number of aryl methyl sites for hydroxylation is 1. The second-order valence-electron chi connectivity index (χ2n) is 4.10. The second kappa shape index (κ2) is 6.18. The molecule has 0 bridgehead atoms. The van der Waals surface area contributed by atoms with E-state index < -0.39 is 11.7 Å². The zero-order valence-corrected chi connectivity index (χ0v) is 12.5. The normalized spacial score (nSPS) is 11.8. The molecule has 2 nitrogen and oxygen atoms in total. The molecule has 20 heavy (non-hydrogen) atoms. The molecule has 0 fully saturated rings. The standard InChI is InChI=1S/C13H10BrClF3NO/c14-10-4-3-8(6-9(10)13(16,17)18)11-7-19-12(20-11)2-1-5-15/h3-4,6-7H,1-2,5H2. The van der Waals surface area contributed by atoms with Gasteiger partial charge >= 0.3 is 6.18 Å². The molecule has 0 saturated heterocycles. The lowest BCUT2D eigenvalue weighted by molar-refractivity contribution is -0.138. The first kappa shape index (κ1) is 15.4. The maximum atomic E-state index is 12.8. The maximum absolute atomic E-state index is 12.8. The first-order valence-electron chi connectivity index (χ1n) is 5.79. The van der Waals surface area contributed by atoms with Crippen molar-refractivity contribution >= 4 is 27.5 Å². The molecule has 1 aromatic heterocycles. The summed E-state index contributed by atoms with van der Waals surface area (Å²) in [5.41, 5.74) is -0.404. The van der Waals surface area contributed by atoms with Crippen LogP contribution in [0.15, 0.2) is 33.3 Å². The van der Waals surface area contributed by atoms with Gasteiger partial charge in [0.15, 0.2) is 11.7 Å². The van der Waals surface area contributed by atoms with E-state index in [0.29, 0.717) is 35.9 Å². The minimum atomic E-state index is -4.42. The molecule has 1 heterocycles. The Bertz CT molecular complexity index is 598. The second-order valence-corrected chi connectivity index (χ2v) is 5.34. The van der Waals surface area contributed by atoms with Gasteiger partial charge in [0.2, 0.25) is 0 Å². The summed E-state index contributed by atoms with van der Waals surface area (Å²) in [5.74, 6) is 1.26. The highest BCUT2D eigenvalue weighted by atomic mass is 79.9. The van der Waals surface area contributed by atoms with Crippen LogP contribution in [0.25, 0.3) is 11.3 Å². The van der Waals surface area contributed by atoms with Crippen molar-refractivity contribution in [3.8, 4) is 11.3 Å². The van der Waals surface area contributed by atoms with Gasteiger partial charge in [0.1, 0.15) is 0 Å². The molecular weight excluding hydrogens is 358 g/mol. The lowest BCUT2D eigenvalue weighted by Crippen LogP contribution is -2.06. The molecule has 0 amide bonds. The van der Waals surface area contributed by atoms with Gasteiger partial charge in [-0.1, -0.05) is 22.0 Å². The third kappa shape index (κ3) is 3.55. The van der Waals surface area contributed by atoms with Crippen LogP contribution in [-0.2, 0) is 12.6 Å². The van der Waals surface area contributed by atoms with Crippen LogP contribution >= 0.6 is 27.5 Å². The molecule has 108 valence electrons. The molecule has 0 N–H and O–H groups in total. The Labute approximate surface area is 127 Å². The van der Waals surface area contributed by atoms with E-state index in [1.807, 2.05) is 0 Å². The van der Waals surface area contributed by atoms with Gasteiger partial charge in [0, 0.05) is 22.3 Å². The van der Waals surface area contributed by atoms with E-state index in [-0.39, 0.29) is 4.47 Å². The molecule has 0 aliphatic rings. The number of nitrogens with zero attached hydrogens (tertiary/aromatic N) is 1. The zero-order valence-electron chi connectivity index (χ0n) is 10.2. The van der Waals surface area contributed by atoms with E-state index in [9.17, 15) is 13.2 Å². The summed E-state index contributed by atoms with van der Waals surface area (Å²) >= 11 is 8.46. The van der Waals surface area contributed by atoms with E-state index in [1.165, 1.54) is 12.3 Å². The molecule has 0 unspecified atom stereocenters. The molecule has 0 saturated carbocycles. The predicted octanol–water partition coefficient (Wildman–Crippen LogP) is 5.29. The Morgan fingerprint density at radius 3 is 2.70 bits per heavy atom. The van der Waals surface area contributed by atoms with Crippen molar-refractivity contribution < 1.29 is 17.6 Å². The van der Waals surface area contributed by atoms with Crippen molar-refractivity contribution in [2.75, 3.05) is 5.88 Å². The maximum Gasteiger partial charge on any atom is 0.417 e. The van der Waals surface area contributed by atoms with Crippen LogP contribution in [0.5, 0.6) is 0 Å². The zero-order chi connectivity index (χ0) is 14.8. The molecule has 0 spiro atoms. The molecule has 2 rings (SSSR count). The highest BCUT2D eigenvalue weighted by Gasteiger charge is 2.33. The highest BCUT2D eigenvalue weighted by Crippen LogP contribution is 2.37. The number of rotatable bonds is 4. The molecule has 0 atom stereocenters. The minimum absolute atomic E-state index is 0.00405. The van der Waals surface area contributed by atoms with Crippen LogP contribution in [0.1, 0.15) is 17.9 Å². The fourth-order valence-electron chi connectivity index (χ4n) is 1.67. The largest absolute Gasteiger partial charge is 0.441 e. The number of oxazole rings is 1. The Morgan fingerprint density at radius 1 is 1.30 bits per heavy atom. The summed E-state index contributed by atoms with van der Waals surface area (Å²) in [6.45, 7) is 0. The number of halogens is 5. The quantitative estimate of drug-likeness (QED) is 0.685. The fraction of sp³-hybridized carbons (Fsp3) is 0.308. The first-order chi connectivity index (χ1) is 9.41. The Morgan fingerprint density at radius 2 is 2.05 bits per heavy atom. The van der Waals surface area contributed by atoms with Crippen molar-refractivity contribution in [2.24, 2.45) is 0 Å². The van der Waals surface area contributed by atoms with Crippen LogP contribution in [0.3, 0.4) is 0 Å². The summed E-state index contributed by atoms with van der Waals surface area (Å²) < 4.78 is 43.9. The van der Waals surface area contributed by atoms with Gasteiger partial charge in [0.05, 0.1) is 11.8 Å². The highest BCUT2D eigenvalue weighted by molar-refractivity contribution is 9.10. The van der Waals surface area contributed by atoms with E-state index in [0.717, 1.165) is 6.07 Å². The summed E-state index contributed by atoms with van der Waals surface area (Å²) in [6.07, 6.45) is -1.73. The van der Waals surface area contributed by atoms with Crippen molar-refractivity contribution in [2.45, 2.75) is 19.0 Å². The van der Waals surface area contributed by atoms with Gasteiger partial charge in [0.25, 0.3) is 0 Å². The monoisotopic (exact) mass is 367 g/mol. The van der Waals surface area contributed by atoms with Crippen LogP contribution in [0.4, 0.5) is 13.2 Å². The fourth-order valence-corrected chi connectivity index (χ4v) is 2.28. The third-order valence-electron chi connectivity index (χ3n) is 2.63. The average Bonchev–Trinajstić information content (AvgIpc) is 2.84. The van der Waals surface area contributed by atoms with Crippen molar-refractivity contribution in [1.82, 2.24) is 4.98 Å². The predicted molar refractivity (Wildman–Crippen MR) is 73.7 cm³/mol. The number of hydrogen-bond acceptors (Lipinski definition) is 2. The summed E-state index contributed by atoms with van der Waals surface area (Å²) in [7, 11) is 0. The van der Waals surface area contributed by atoms with Crippen molar-refractivity contribution in [3.05, 3.63) is 40.3 Å². The Kier molecular flexibility index (Phi) is 4.75. The van der Waals surface area contributed by atoms with Gasteiger partial charge in [-0.05, 0) is 18.6 Å². The molecule has 1 aromatic carbocycles. The van der Waals surface area contributed by atoms with Gasteiger partial charge < -0.3 is 4.42 Å². The van der Waals surface area contributed by atoms with Crippen molar-refractivity contribution in [3.63, 3.8) is 0 Å². The average molecular weight is 369 g/mol. The third-order valence-corrected chi connectivity index (χ3v) is 3.59. The topological polar surface area (TPSA) is 26.0 Å². The summed E-state index contributed by atoms with van der Waals surface area (Å²) in [5, 5.41) is 0. The van der Waals surface area contributed by atoms with Crippen LogP contribution in [0, 0.1) is 0 Å².